The molecule has 0 spiro atoms. The summed E-state index contributed by atoms with van der Waals surface area (Å²) in [5, 5.41) is 2.04. The van der Waals surface area contributed by atoms with Crippen LogP contribution in [0.5, 0.6) is 0 Å². The molecule has 2 radical (unpaired) electrons. The van der Waals surface area contributed by atoms with Crippen LogP contribution in [0.1, 0.15) is 38.1 Å². The lowest BCUT2D eigenvalue weighted by Crippen LogP contribution is -2.19. The number of benzene rings is 1. The van der Waals surface area contributed by atoms with Crippen LogP contribution in [0.2, 0.25) is 0 Å². The van der Waals surface area contributed by atoms with Gasteiger partial charge in [0, 0.05) is 5.56 Å². The zero-order chi connectivity index (χ0) is 11.4. The molecule has 0 heterocycles. The Morgan fingerprint density at radius 3 is 1.86 bits per heavy atom. The molecule has 3 heteroatoms. The molecular formula is C11H18BNO. The van der Waals surface area contributed by atoms with Gasteiger partial charge in [0.05, 0.1) is 0 Å². The number of carbonyl (C=O) groups is 1. The molecule has 1 amide bonds. The van der Waals surface area contributed by atoms with Crippen LogP contribution in [-0.4, -0.2) is 13.9 Å². The maximum atomic E-state index is 10.8. The molecular weight excluding hydrogens is 173 g/mol. The lowest BCUT2D eigenvalue weighted by molar-refractivity contribution is 0.0981. The molecule has 1 aromatic rings. The van der Waals surface area contributed by atoms with E-state index in [1.165, 1.54) is 0 Å². The van der Waals surface area contributed by atoms with E-state index in [2.05, 4.69) is 0 Å². The molecule has 0 saturated carbocycles. The first-order chi connectivity index (χ1) is 6.84. The fourth-order valence-electron chi connectivity index (χ4n) is 0.673. The van der Waals surface area contributed by atoms with Crippen molar-refractivity contribution in [3.8, 4) is 0 Å². The van der Waals surface area contributed by atoms with Crippen molar-refractivity contribution in [2.24, 2.45) is 0 Å². The fourth-order valence-corrected chi connectivity index (χ4v) is 0.673. The molecule has 14 heavy (non-hydrogen) atoms. The highest BCUT2D eigenvalue weighted by Gasteiger charge is 1.97. The van der Waals surface area contributed by atoms with Gasteiger partial charge in [0.2, 0.25) is 13.9 Å². The molecule has 0 unspecified atom stereocenters. The lowest BCUT2D eigenvalue weighted by atomic mass is 10.2. The molecule has 0 aliphatic carbocycles. The molecule has 0 aliphatic heterocycles. The number of hydrogen-bond donors (Lipinski definition) is 1. The molecule has 1 rings (SSSR count). The summed E-state index contributed by atoms with van der Waals surface area (Å²) in [5.41, 5.74) is 0.574. The number of hydrogen-bond acceptors (Lipinski definition) is 1. The number of rotatable bonds is 1. The van der Waals surface area contributed by atoms with Gasteiger partial charge in [-0.3, -0.25) is 4.79 Å². The van der Waals surface area contributed by atoms with Crippen LogP contribution < -0.4 is 5.23 Å². The largest absolute Gasteiger partial charge is 0.405 e. The summed E-state index contributed by atoms with van der Waals surface area (Å²) in [6.45, 7) is 8.00. The molecule has 76 valence electrons. The average molecular weight is 191 g/mol. The van der Waals surface area contributed by atoms with E-state index in [0.29, 0.717) is 5.56 Å². The number of carbonyl (C=O) groups excluding carboxylic acids is 1. The maximum absolute atomic E-state index is 10.8. The van der Waals surface area contributed by atoms with E-state index in [1.54, 1.807) is 24.3 Å². The predicted octanol–water partition coefficient (Wildman–Crippen LogP) is 2.55. The van der Waals surface area contributed by atoms with Crippen LogP contribution in [0.25, 0.3) is 0 Å². The minimum Gasteiger partial charge on any atom is -0.405 e. The molecule has 0 aliphatic rings. The third kappa shape index (κ3) is 6.29. The summed E-state index contributed by atoms with van der Waals surface area (Å²) >= 11 is 0. The Bertz CT molecular complexity index is 224. The van der Waals surface area contributed by atoms with Crippen molar-refractivity contribution < 1.29 is 4.79 Å². The minimum absolute atomic E-state index is 0.263. The molecule has 1 N–H and O–H groups in total. The fraction of sp³-hybridized carbons (Fsp3) is 0.364. The van der Waals surface area contributed by atoms with Crippen LogP contribution in [0.4, 0.5) is 0 Å². The highest BCUT2D eigenvalue weighted by molar-refractivity contribution is 6.18. The summed E-state index contributed by atoms with van der Waals surface area (Å²) < 4.78 is 0. The van der Waals surface area contributed by atoms with E-state index in [4.69, 9.17) is 7.98 Å². The first kappa shape index (κ1) is 15.2. The summed E-state index contributed by atoms with van der Waals surface area (Å²) in [4.78, 5) is 10.8. The Labute approximate surface area is 88.2 Å². The Morgan fingerprint density at radius 1 is 1.07 bits per heavy atom. The van der Waals surface area contributed by atoms with E-state index in [-0.39, 0.29) is 5.91 Å². The van der Waals surface area contributed by atoms with Crippen molar-refractivity contribution in [3.05, 3.63) is 35.9 Å². The Kier molecular flexibility index (Phi) is 12.8. The topological polar surface area (TPSA) is 29.1 Å². The summed E-state index contributed by atoms with van der Waals surface area (Å²) in [6.07, 6.45) is 0. The average Bonchev–Trinajstić information content (AvgIpc) is 2.34. The molecule has 0 atom stereocenters. The zero-order valence-corrected chi connectivity index (χ0v) is 9.37. The van der Waals surface area contributed by atoms with E-state index < -0.39 is 0 Å². The number of amides is 1. The van der Waals surface area contributed by atoms with Gasteiger partial charge >= 0.3 is 0 Å². The molecule has 0 fully saturated rings. The maximum Gasteiger partial charge on any atom is 0.238 e. The van der Waals surface area contributed by atoms with Gasteiger partial charge in [-0.15, -0.1) is 0 Å². The van der Waals surface area contributed by atoms with Gasteiger partial charge in [-0.1, -0.05) is 45.9 Å². The minimum atomic E-state index is -0.263. The normalized spacial score (nSPS) is 7.14. The highest BCUT2D eigenvalue weighted by Crippen LogP contribution is 1.96. The van der Waals surface area contributed by atoms with Crippen molar-refractivity contribution in [3.63, 3.8) is 0 Å². The summed E-state index contributed by atoms with van der Waals surface area (Å²) in [7, 11) is 4.90. The van der Waals surface area contributed by atoms with Gasteiger partial charge in [0.1, 0.15) is 0 Å². The molecule has 0 bridgehead atoms. The summed E-state index contributed by atoms with van der Waals surface area (Å²) in [6, 6.07) is 8.80. The third-order valence-corrected chi connectivity index (χ3v) is 1.17. The Balaban J connectivity index is 0. The Morgan fingerprint density at radius 2 is 1.50 bits per heavy atom. The van der Waals surface area contributed by atoms with Gasteiger partial charge in [0.25, 0.3) is 0 Å². The lowest BCUT2D eigenvalue weighted by Gasteiger charge is -1.96. The van der Waals surface area contributed by atoms with Crippen LogP contribution in [-0.2, 0) is 0 Å². The first-order valence-electron chi connectivity index (χ1n) is 4.90. The SMILES string of the molecule is CC.CC.[B]NC(=O)c1ccccc1. The van der Waals surface area contributed by atoms with Crippen molar-refractivity contribution in [2.45, 2.75) is 27.7 Å². The second kappa shape index (κ2) is 11.8. The van der Waals surface area contributed by atoms with Crippen molar-refractivity contribution in [1.29, 1.82) is 0 Å². The van der Waals surface area contributed by atoms with Crippen LogP contribution in [0.3, 0.4) is 0 Å². The van der Waals surface area contributed by atoms with Crippen molar-refractivity contribution >= 4 is 13.9 Å². The van der Waals surface area contributed by atoms with Crippen molar-refractivity contribution in [1.82, 2.24) is 5.23 Å². The van der Waals surface area contributed by atoms with Crippen LogP contribution >= 0.6 is 0 Å². The molecule has 1 aromatic carbocycles. The third-order valence-electron chi connectivity index (χ3n) is 1.17. The van der Waals surface area contributed by atoms with Gasteiger partial charge in [-0.05, 0) is 12.1 Å². The molecule has 0 saturated heterocycles. The standard InChI is InChI=1S/C7H6BNO.2C2H6/c8-9-7(10)6-4-2-1-3-5-6;2*1-2/h1-5H,(H,9,10);2*1-2H3. The van der Waals surface area contributed by atoms with Gasteiger partial charge in [-0.2, -0.15) is 0 Å². The zero-order valence-electron chi connectivity index (χ0n) is 9.37. The van der Waals surface area contributed by atoms with E-state index in [1.807, 2.05) is 39.0 Å². The predicted molar refractivity (Wildman–Crippen MR) is 62.4 cm³/mol. The smallest absolute Gasteiger partial charge is 0.238 e. The second-order valence-electron chi connectivity index (χ2n) is 1.84. The van der Waals surface area contributed by atoms with Crippen LogP contribution in [0, 0.1) is 0 Å². The quantitative estimate of drug-likeness (QED) is 0.679. The Hall–Kier alpha value is -1.25. The number of nitrogens with one attached hydrogen (secondary N) is 1. The molecule has 0 aromatic heterocycles. The monoisotopic (exact) mass is 191 g/mol. The second-order valence-corrected chi connectivity index (χ2v) is 1.84. The van der Waals surface area contributed by atoms with Crippen LogP contribution in [0.15, 0.2) is 30.3 Å². The summed E-state index contributed by atoms with van der Waals surface area (Å²) in [5.74, 6) is -0.263. The van der Waals surface area contributed by atoms with Crippen molar-refractivity contribution in [2.75, 3.05) is 0 Å². The van der Waals surface area contributed by atoms with E-state index >= 15 is 0 Å². The van der Waals surface area contributed by atoms with E-state index in [9.17, 15) is 4.79 Å². The molecule has 2 nitrogen and oxygen atoms in total. The highest BCUT2D eigenvalue weighted by atomic mass is 16.1. The van der Waals surface area contributed by atoms with Gasteiger partial charge in [-0.25, -0.2) is 0 Å². The van der Waals surface area contributed by atoms with Gasteiger partial charge in [0.15, 0.2) is 0 Å². The first-order valence-corrected chi connectivity index (χ1v) is 4.90. The van der Waals surface area contributed by atoms with Gasteiger partial charge < -0.3 is 5.23 Å². The van der Waals surface area contributed by atoms with E-state index in [0.717, 1.165) is 0 Å².